The Morgan fingerprint density at radius 1 is 1.07 bits per heavy atom. The van der Waals surface area contributed by atoms with Gasteiger partial charge in [0.15, 0.2) is 0 Å². The van der Waals surface area contributed by atoms with Gasteiger partial charge in [0.05, 0.1) is 6.04 Å². The molecule has 146 valence electrons. The molecule has 4 aromatic rings. The van der Waals surface area contributed by atoms with E-state index in [0.717, 1.165) is 47.2 Å². The van der Waals surface area contributed by atoms with Gasteiger partial charge in [0.25, 0.3) is 5.91 Å². The monoisotopic (exact) mass is 384 g/mol. The number of benzene rings is 2. The molecule has 2 N–H and O–H groups in total. The third-order valence-corrected chi connectivity index (χ3v) is 6.64. The number of aromatic amines is 2. The highest BCUT2D eigenvalue weighted by molar-refractivity contribution is 6.04. The van der Waals surface area contributed by atoms with E-state index in [4.69, 9.17) is 0 Å². The van der Waals surface area contributed by atoms with Crippen molar-refractivity contribution >= 4 is 27.7 Å². The van der Waals surface area contributed by atoms with E-state index < -0.39 is 0 Å². The van der Waals surface area contributed by atoms with Crippen molar-refractivity contribution in [3.05, 3.63) is 71.0 Å². The lowest BCUT2D eigenvalue weighted by Crippen LogP contribution is -2.26. The number of rotatable bonds is 3. The van der Waals surface area contributed by atoms with Gasteiger partial charge in [0.2, 0.25) is 0 Å². The molecule has 1 saturated heterocycles. The highest BCUT2D eigenvalue weighted by atomic mass is 16.2. The quantitative estimate of drug-likeness (QED) is 0.549. The molecule has 0 saturated carbocycles. The van der Waals surface area contributed by atoms with Crippen LogP contribution in [0.4, 0.5) is 0 Å². The van der Waals surface area contributed by atoms with Crippen LogP contribution in [-0.2, 0) is 6.54 Å². The molecule has 0 unspecified atom stereocenters. The van der Waals surface area contributed by atoms with Crippen LogP contribution in [0.25, 0.3) is 21.8 Å². The highest BCUT2D eigenvalue weighted by Gasteiger charge is 2.38. The van der Waals surface area contributed by atoms with Crippen molar-refractivity contribution in [2.75, 3.05) is 20.1 Å². The largest absolute Gasteiger partial charge is 0.361 e. The lowest BCUT2D eigenvalue weighted by atomic mass is 9.94. The van der Waals surface area contributed by atoms with E-state index in [1.54, 1.807) is 0 Å². The first-order chi connectivity index (χ1) is 14.2. The minimum absolute atomic E-state index is 0.0704. The summed E-state index contributed by atoms with van der Waals surface area (Å²) in [4.78, 5) is 24.6. The number of H-pyrrole nitrogens is 2. The fourth-order valence-corrected chi connectivity index (χ4v) is 5.21. The summed E-state index contributed by atoms with van der Waals surface area (Å²) in [6.07, 6.45) is 4.48. The zero-order chi connectivity index (χ0) is 19.5. The molecule has 4 heterocycles. The Kier molecular flexibility index (Phi) is 3.62. The van der Waals surface area contributed by atoms with Crippen LogP contribution in [0.1, 0.15) is 46.1 Å². The number of amides is 1. The molecule has 2 aromatic heterocycles. The molecule has 2 aliphatic rings. The maximum atomic E-state index is 13.2. The van der Waals surface area contributed by atoms with Crippen molar-refractivity contribution in [2.45, 2.75) is 25.4 Å². The van der Waals surface area contributed by atoms with Crippen LogP contribution in [0.2, 0.25) is 0 Å². The molecule has 0 bridgehead atoms. The molecule has 1 amide bonds. The van der Waals surface area contributed by atoms with Gasteiger partial charge in [-0.2, -0.15) is 0 Å². The number of fused-ring (bicyclic) bond motifs is 3. The summed E-state index contributed by atoms with van der Waals surface area (Å²) >= 11 is 0. The number of nitrogens with zero attached hydrogens (tertiary/aromatic N) is 2. The standard InChI is InChI=1S/C24H24N4O/c1-27-23(17-13-20-15(8-9-25-20)12-18(17)24(27)29)22-16-6-2-3-7-19(16)26-21(22)14-28-10-4-5-11-28/h2-3,6-9,12-13,23,25-26H,4-5,10-11,14H2,1H3/t23-/m0/s1. The Hall–Kier alpha value is -3.05. The zero-order valence-corrected chi connectivity index (χ0v) is 16.5. The minimum atomic E-state index is -0.0704. The number of nitrogens with one attached hydrogen (secondary N) is 2. The molecule has 6 rings (SSSR count). The Balaban J connectivity index is 1.57. The normalized spacial score (nSPS) is 19.7. The molecule has 1 fully saturated rings. The molecule has 5 nitrogen and oxygen atoms in total. The SMILES string of the molecule is CN1C(=O)c2cc3cc[nH]c3cc2[C@H]1c1c(CN2CCCC2)[nH]c2ccccc12. The van der Waals surface area contributed by atoms with Crippen molar-refractivity contribution in [2.24, 2.45) is 0 Å². The van der Waals surface area contributed by atoms with Gasteiger partial charge in [-0.3, -0.25) is 9.69 Å². The van der Waals surface area contributed by atoms with Gasteiger partial charge < -0.3 is 14.9 Å². The van der Waals surface area contributed by atoms with Crippen molar-refractivity contribution in [1.29, 1.82) is 0 Å². The average Bonchev–Trinajstić information content (AvgIpc) is 3.50. The van der Waals surface area contributed by atoms with Crippen molar-refractivity contribution in [3.63, 3.8) is 0 Å². The number of para-hydroxylation sites is 1. The number of hydrogen-bond donors (Lipinski definition) is 2. The van der Waals surface area contributed by atoms with Crippen LogP contribution in [0.15, 0.2) is 48.7 Å². The smallest absolute Gasteiger partial charge is 0.254 e. The molecule has 0 spiro atoms. The summed E-state index contributed by atoms with van der Waals surface area (Å²) in [6.45, 7) is 3.20. The topological polar surface area (TPSA) is 55.1 Å². The Bertz CT molecular complexity index is 1240. The van der Waals surface area contributed by atoms with Crippen LogP contribution in [0.3, 0.4) is 0 Å². The Labute approximate surface area is 169 Å². The lowest BCUT2D eigenvalue weighted by Gasteiger charge is -2.24. The van der Waals surface area contributed by atoms with E-state index in [9.17, 15) is 4.79 Å². The highest BCUT2D eigenvalue weighted by Crippen LogP contribution is 2.43. The summed E-state index contributed by atoms with van der Waals surface area (Å²) in [7, 11) is 1.93. The molecule has 0 radical (unpaired) electrons. The number of aromatic nitrogens is 2. The maximum Gasteiger partial charge on any atom is 0.254 e. The van der Waals surface area contributed by atoms with Crippen molar-refractivity contribution < 1.29 is 4.79 Å². The molecule has 29 heavy (non-hydrogen) atoms. The lowest BCUT2D eigenvalue weighted by molar-refractivity contribution is 0.0793. The molecule has 0 aliphatic carbocycles. The van der Waals surface area contributed by atoms with E-state index in [1.807, 2.05) is 30.3 Å². The minimum Gasteiger partial charge on any atom is -0.361 e. The predicted octanol–water partition coefficient (Wildman–Crippen LogP) is 4.42. The van der Waals surface area contributed by atoms with Gasteiger partial charge in [-0.15, -0.1) is 0 Å². The molecule has 1 atom stereocenters. The fraction of sp³-hybridized carbons (Fsp3) is 0.292. The number of hydrogen-bond acceptors (Lipinski definition) is 2. The van der Waals surface area contributed by atoms with Gasteiger partial charge >= 0.3 is 0 Å². The van der Waals surface area contributed by atoms with Crippen molar-refractivity contribution in [3.8, 4) is 0 Å². The first-order valence-electron chi connectivity index (χ1n) is 10.4. The Morgan fingerprint density at radius 3 is 2.76 bits per heavy atom. The second-order valence-corrected chi connectivity index (χ2v) is 8.37. The molecular weight excluding hydrogens is 360 g/mol. The van der Waals surface area contributed by atoms with Crippen LogP contribution in [-0.4, -0.2) is 45.8 Å². The number of carbonyl (C=O) groups excluding carboxylic acids is 1. The first-order valence-corrected chi connectivity index (χ1v) is 10.4. The molecular formula is C24H24N4O. The van der Waals surface area contributed by atoms with Crippen LogP contribution in [0, 0.1) is 0 Å². The van der Waals surface area contributed by atoms with E-state index in [0.29, 0.717) is 0 Å². The summed E-state index contributed by atoms with van der Waals surface area (Å²) in [5, 5.41) is 2.30. The first kappa shape index (κ1) is 16.9. The van der Waals surface area contributed by atoms with E-state index >= 15 is 0 Å². The van der Waals surface area contributed by atoms with Crippen LogP contribution < -0.4 is 0 Å². The van der Waals surface area contributed by atoms with Crippen molar-refractivity contribution in [1.82, 2.24) is 19.8 Å². The summed E-state index contributed by atoms with van der Waals surface area (Å²) in [5.41, 5.74) is 6.62. The van der Waals surface area contributed by atoms with E-state index in [-0.39, 0.29) is 11.9 Å². The van der Waals surface area contributed by atoms with Gasteiger partial charge in [-0.25, -0.2) is 0 Å². The third kappa shape index (κ3) is 2.47. The second-order valence-electron chi connectivity index (χ2n) is 8.37. The molecule has 5 heteroatoms. The van der Waals surface area contributed by atoms with E-state index in [2.05, 4.69) is 45.2 Å². The summed E-state index contributed by atoms with van der Waals surface area (Å²) in [5.74, 6) is 0.102. The second kappa shape index (κ2) is 6.22. The van der Waals surface area contributed by atoms with Crippen LogP contribution >= 0.6 is 0 Å². The number of carbonyl (C=O) groups is 1. The molecule has 2 aliphatic heterocycles. The van der Waals surface area contributed by atoms with Gasteiger partial charge in [-0.1, -0.05) is 18.2 Å². The summed E-state index contributed by atoms with van der Waals surface area (Å²) in [6, 6.07) is 14.6. The predicted molar refractivity (Wildman–Crippen MR) is 115 cm³/mol. The van der Waals surface area contributed by atoms with E-state index in [1.165, 1.54) is 29.5 Å². The third-order valence-electron chi connectivity index (χ3n) is 6.64. The van der Waals surface area contributed by atoms with Gasteiger partial charge in [0.1, 0.15) is 0 Å². The van der Waals surface area contributed by atoms with Crippen LogP contribution in [0.5, 0.6) is 0 Å². The zero-order valence-electron chi connectivity index (χ0n) is 16.5. The summed E-state index contributed by atoms with van der Waals surface area (Å²) < 4.78 is 0. The fourth-order valence-electron chi connectivity index (χ4n) is 5.21. The van der Waals surface area contributed by atoms with Gasteiger partial charge in [0, 0.05) is 58.4 Å². The van der Waals surface area contributed by atoms with Gasteiger partial charge in [-0.05, 0) is 55.8 Å². The Morgan fingerprint density at radius 2 is 1.90 bits per heavy atom. The maximum absolute atomic E-state index is 13.2. The average molecular weight is 384 g/mol. The number of likely N-dealkylation sites (tertiary alicyclic amines) is 1. The molecule has 2 aromatic carbocycles.